The van der Waals surface area contributed by atoms with Crippen molar-refractivity contribution < 1.29 is 27.1 Å². The minimum absolute atomic E-state index is 0.187. The summed E-state index contributed by atoms with van der Waals surface area (Å²) in [5.74, 6) is -1.80. The summed E-state index contributed by atoms with van der Waals surface area (Å²) in [6.07, 6.45) is -3.92. The monoisotopic (exact) mass is 343 g/mol. The van der Waals surface area contributed by atoms with E-state index in [4.69, 9.17) is 10.5 Å². The van der Waals surface area contributed by atoms with Crippen LogP contribution in [0.15, 0.2) is 36.5 Å². The minimum atomic E-state index is -4.51. The lowest BCUT2D eigenvalue weighted by Crippen LogP contribution is -2.32. The number of primary amides is 1. The summed E-state index contributed by atoms with van der Waals surface area (Å²) in [6.45, 7) is 1.51. The van der Waals surface area contributed by atoms with Gasteiger partial charge in [0, 0.05) is 24.0 Å². The van der Waals surface area contributed by atoms with E-state index in [2.05, 4.69) is 10.3 Å². The van der Waals surface area contributed by atoms with E-state index in [0.29, 0.717) is 11.9 Å². The van der Waals surface area contributed by atoms with Gasteiger partial charge in [-0.3, -0.25) is 4.79 Å². The van der Waals surface area contributed by atoms with E-state index in [1.54, 1.807) is 0 Å². The predicted octanol–water partition coefficient (Wildman–Crippen LogP) is 3.32. The molecule has 0 bridgehead atoms. The van der Waals surface area contributed by atoms with Crippen molar-refractivity contribution in [2.45, 2.75) is 19.1 Å². The highest BCUT2D eigenvalue weighted by Crippen LogP contribution is 2.31. The number of amides is 1. The Morgan fingerprint density at radius 1 is 1.29 bits per heavy atom. The molecular weight excluding hydrogens is 330 g/mol. The first-order chi connectivity index (χ1) is 11.2. The normalized spacial score (nSPS) is 12.5. The number of hydrogen-bond acceptors (Lipinski definition) is 4. The molecule has 0 saturated carbocycles. The van der Waals surface area contributed by atoms with E-state index >= 15 is 0 Å². The second-order valence-corrected chi connectivity index (χ2v) is 4.90. The Morgan fingerprint density at radius 2 is 2.00 bits per heavy atom. The Labute approximate surface area is 134 Å². The fourth-order valence-electron chi connectivity index (χ4n) is 1.72. The molecule has 1 amide bonds. The van der Waals surface area contributed by atoms with Gasteiger partial charge in [0.1, 0.15) is 6.04 Å². The van der Waals surface area contributed by atoms with Gasteiger partial charge in [0.05, 0.1) is 5.56 Å². The average Bonchev–Trinajstić information content (AvgIpc) is 2.49. The zero-order valence-electron chi connectivity index (χ0n) is 12.4. The molecule has 0 radical (unpaired) electrons. The number of ether oxygens (including phenoxy) is 1. The van der Waals surface area contributed by atoms with Crippen molar-refractivity contribution in [3.8, 4) is 11.6 Å². The van der Waals surface area contributed by atoms with Crippen molar-refractivity contribution >= 4 is 11.6 Å². The lowest BCUT2D eigenvalue weighted by molar-refractivity contribution is -0.137. The van der Waals surface area contributed by atoms with E-state index in [9.17, 15) is 22.4 Å². The maximum absolute atomic E-state index is 14.0. The highest BCUT2D eigenvalue weighted by atomic mass is 19.4. The maximum Gasteiger partial charge on any atom is 0.417 e. The summed E-state index contributed by atoms with van der Waals surface area (Å²) >= 11 is 0. The zero-order chi connectivity index (χ0) is 17.9. The molecule has 3 N–H and O–H groups in total. The highest BCUT2D eigenvalue weighted by molar-refractivity contribution is 5.82. The smallest absolute Gasteiger partial charge is 0.417 e. The maximum atomic E-state index is 14.0. The number of anilines is 1. The number of halogens is 4. The molecule has 1 atom stereocenters. The molecule has 2 rings (SSSR count). The quantitative estimate of drug-likeness (QED) is 0.817. The first kappa shape index (κ1) is 17.5. The topological polar surface area (TPSA) is 77.2 Å². The van der Waals surface area contributed by atoms with Gasteiger partial charge < -0.3 is 15.8 Å². The van der Waals surface area contributed by atoms with Crippen LogP contribution < -0.4 is 15.8 Å². The summed E-state index contributed by atoms with van der Waals surface area (Å²) in [5.41, 5.74) is 4.45. The van der Waals surface area contributed by atoms with Crippen LogP contribution >= 0.6 is 0 Å². The van der Waals surface area contributed by atoms with Crippen LogP contribution in [0.4, 0.5) is 23.2 Å². The Bertz CT molecular complexity index is 732. The van der Waals surface area contributed by atoms with Gasteiger partial charge in [-0.1, -0.05) is 0 Å². The van der Waals surface area contributed by atoms with Crippen molar-refractivity contribution in [3.05, 3.63) is 47.9 Å². The van der Waals surface area contributed by atoms with Crippen molar-refractivity contribution in [1.29, 1.82) is 0 Å². The van der Waals surface area contributed by atoms with E-state index in [1.807, 2.05) is 0 Å². The molecule has 0 saturated heterocycles. The summed E-state index contributed by atoms with van der Waals surface area (Å²) in [4.78, 5) is 14.4. The Hall–Kier alpha value is -2.84. The first-order valence-corrected chi connectivity index (χ1v) is 6.73. The molecule has 2 aromatic rings. The highest BCUT2D eigenvalue weighted by Gasteiger charge is 2.30. The molecule has 1 heterocycles. The van der Waals surface area contributed by atoms with Gasteiger partial charge in [0.2, 0.25) is 11.8 Å². The number of pyridine rings is 1. The first-order valence-electron chi connectivity index (χ1n) is 6.73. The van der Waals surface area contributed by atoms with Crippen molar-refractivity contribution in [1.82, 2.24) is 4.98 Å². The van der Waals surface area contributed by atoms with Gasteiger partial charge in [0.15, 0.2) is 11.6 Å². The van der Waals surface area contributed by atoms with Crippen LogP contribution in [-0.2, 0) is 11.0 Å². The van der Waals surface area contributed by atoms with Crippen molar-refractivity contribution in [2.75, 3.05) is 5.32 Å². The molecule has 1 unspecified atom stereocenters. The van der Waals surface area contributed by atoms with Crippen LogP contribution in [0.1, 0.15) is 12.5 Å². The summed E-state index contributed by atoms with van der Waals surface area (Å²) in [6, 6.07) is 4.83. The second kappa shape index (κ2) is 6.73. The van der Waals surface area contributed by atoms with Crippen LogP contribution in [0.2, 0.25) is 0 Å². The number of nitrogens with two attached hydrogens (primary N) is 1. The number of benzene rings is 1. The largest absolute Gasteiger partial charge is 0.436 e. The van der Waals surface area contributed by atoms with Gasteiger partial charge in [-0.2, -0.15) is 13.2 Å². The molecule has 0 spiro atoms. The molecule has 5 nitrogen and oxygen atoms in total. The summed E-state index contributed by atoms with van der Waals surface area (Å²) < 4.78 is 56.4. The van der Waals surface area contributed by atoms with Crippen LogP contribution in [-0.4, -0.2) is 16.9 Å². The molecule has 0 aliphatic rings. The predicted molar refractivity (Wildman–Crippen MR) is 78.0 cm³/mol. The summed E-state index contributed by atoms with van der Waals surface area (Å²) in [5, 5.41) is 2.69. The molecular formula is C15H13F4N3O2. The van der Waals surface area contributed by atoms with Crippen LogP contribution in [0.3, 0.4) is 0 Å². The Morgan fingerprint density at radius 3 is 2.50 bits per heavy atom. The third kappa shape index (κ3) is 4.34. The van der Waals surface area contributed by atoms with Gasteiger partial charge in [-0.05, 0) is 25.1 Å². The zero-order valence-corrected chi connectivity index (χ0v) is 12.4. The minimum Gasteiger partial charge on any atom is -0.436 e. The van der Waals surface area contributed by atoms with E-state index in [1.165, 1.54) is 19.1 Å². The number of carbonyl (C=O) groups excluding carboxylic acids is 1. The number of carbonyl (C=O) groups is 1. The van der Waals surface area contributed by atoms with Crippen LogP contribution in [0.25, 0.3) is 0 Å². The lowest BCUT2D eigenvalue weighted by atomic mass is 10.2. The number of hydrogen-bond donors (Lipinski definition) is 2. The molecule has 9 heteroatoms. The third-order valence-corrected chi connectivity index (χ3v) is 3.02. The SMILES string of the molecule is CC(Nc1ccc(Oc2ccc(C(F)(F)F)cn2)c(F)c1)C(N)=O. The van der Waals surface area contributed by atoms with Gasteiger partial charge >= 0.3 is 6.18 Å². The van der Waals surface area contributed by atoms with E-state index in [-0.39, 0.29) is 11.6 Å². The number of nitrogens with zero attached hydrogens (tertiary/aromatic N) is 1. The molecule has 1 aromatic carbocycles. The molecule has 0 aliphatic heterocycles. The van der Waals surface area contributed by atoms with Gasteiger partial charge in [0.25, 0.3) is 0 Å². The molecule has 24 heavy (non-hydrogen) atoms. The van der Waals surface area contributed by atoms with Crippen LogP contribution in [0, 0.1) is 5.82 Å². The molecule has 0 aliphatic carbocycles. The third-order valence-electron chi connectivity index (χ3n) is 3.02. The van der Waals surface area contributed by atoms with Crippen molar-refractivity contribution in [2.24, 2.45) is 5.73 Å². The van der Waals surface area contributed by atoms with E-state index < -0.39 is 29.5 Å². The fraction of sp³-hybridized carbons (Fsp3) is 0.200. The number of aromatic nitrogens is 1. The van der Waals surface area contributed by atoms with Crippen LogP contribution in [0.5, 0.6) is 11.6 Å². The number of rotatable bonds is 5. The molecule has 1 aromatic heterocycles. The Balaban J connectivity index is 2.11. The number of nitrogens with one attached hydrogen (secondary N) is 1. The van der Waals surface area contributed by atoms with E-state index in [0.717, 1.165) is 18.2 Å². The van der Waals surface area contributed by atoms with Gasteiger partial charge in [-0.25, -0.2) is 9.37 Å². The van der Waals surface area contributed by atoms with Crippen molar-refractivity contribution in [3.63, 3.8) is 0 Å². The fourth-order valence-corrected chi connectivity index (χ4v) is 1.72. The average molecular weight is 343 g/mol. The Kier molecular flexibility index (Phi) is 4.91. The second-order valence-electron chi connectivity index (χ2n) is 4.90. The lowest BCUT2D eigenvalue weighted by Gasteiger charge is -2.13. The number of alkyl halides is 3. The summed E-state index contributed by atoms with van der Waals surface area (Å²) in [7, 11) is 0. The molecule has 128 valence electrons. The standard InChI is InChI=1S/C15H13F4N3O2/c1-8(14(20)23)22-10-3-4-12(11(16)6-10)24-13-5-2-9(7-21-13)15(17,18)19/h2-8,22H,1H3,(H2,20,23). The molecule has 0 fully saturated rings. The van der Waals surface area contributed by atoms with Gasteiger partial charge in [-0.15, -0.1) is 0 Å².